The lowest BCUT2D eigenvalue weighted by atomic mass is 9.81. The van der Waals surface area contributed by atoms with Crippen molar-refractivity contribution in [2.75, 3.05) is 13.2 Å². The maximum atomic E-state index is 12.2. The number of rotatable bonds is 12. The van der Waals surface area contributed by atoms with Gasteiger partial charge in [0.25, 0.3) is 0 Å². The zero-order valence-electron chi connectivity index (χ0n) is 15.7. The van der Waals surface area contributed by atoms with Gasteiger partial charge in [-0.1, -0.05) is 58.3 Å². The molecule has 0 bridgehead atoms. The molecule has 0 aliphatic heterocycles. The molecule has 0 aromatic carbocycles. The normalized spacial score (nSPS) is 20.6. The van der Waals surface area contributed by atoms with Crippen molar-refractivity contribution in [3.63, 3.8) is 0 Å². The lowest BCUT2D eigenvalue weighted by Gasteiger charge is -2.26. The molecule has 1 aliphatic rings. The highest BCUT2D eigenvalue weighted by molar-refractivity contribution is 5.76. The van der Waals surface area contributed by atoms with Crippen LogP contribution >= 0.6 is 0 Å². The highest BCUT2D eigenvalue weighted by atomic mass is 16.5. The first-order valence-electron chi connectivity index (χ1n) is 10.0. The van der Waals surface area contributed by atoms with Crippen LogP contribution in [-0.2, 0) is 19.1 Å². The largest absolute Gasteiger partial charge is 0.466 e. The molecule has 0 spiro atoms. The van der Waals surface area contributed by atoms with Crippen LogP contribution in [0.5, 0.6) is 0 Å². The number of carbonyl (C=O) groups is 2. The number of carbonyl (C=O) groups excluding carboxylic acids is 2. The van der Waals surface area contributed by atoms with E-state index in [2.05, 4.69) is 6.92 Å². The first-order chi connectivity index (χ1) is 11.7. The smallest absolute Gasteiger partial charge is 0.308 e. The maximum Gasteiger partial charge on any atom is 0.308 e. The van der Waals surface area contributed by atoms with E-state index in [9.17, 15) is 9.59 Å². The topological polar surface area (TPSA) is 52.6 Å². The molecule has 0 N–H and O–H groups in total. The van der Waals surface area contributed by atoms with Crippen LogP contribution in [0.15, 0.2) is 0 Å². The molecule has 1 rings (SSSR count). The molecule has 24 heavy (non-hydrogen) atoms. The third kappa shape index (κ3) is 8.70. The van der Waals surface area contributed by atoms with E-state index >= 15 is 0 Å². The second-order valence-corrected chi connectivity index (χ2v) is 6.95. The van der Waals surface area contributed by atoms with Crippen molar-refractivity contribution in [3.05, 3.63) is 0 Å². The van der Waals surface area contributed by atoms with Crippen LogP contribution in [-0.4, -0.2) is 25.2 Å². The summed E-state index contributed by atoms with van der Waals surface area (Å²) in [7, 11) is 0. The minimum atomic E-state index is -0.155. The van der Waals surface area contributed by atoms with Gasteiger partial charge < -0.3 is 9.47 Å². The van der Waals surface area contributed by atoms with Gasteiger partial charge in [0.1, 0.15) is 0 Å². The molecule has 4 nitrogen and oxygen atoms in total. The molecular weight excluding hydrogens is 304 g/mol. The van der Waals surface area contributed by atoms with E-state index in [1.54, 1.807) is 0 Å². The minimum Gasteiger partial charge on any atom is -0.466 e. The monoisotopic (exact) mass is 340 g/mol. The van der Waals surface area contributed by atoms with E-state index in [0.717, 1.165) is 32.1 Å². The van der Waals surface area contributed by atoms with Crippen LogP contribution in [0.1, 0.15) is 90.9 Å². The molecule has 0 amide bonds. The summed E-state index contributed by atoms with van der Waals surface area (Å²) in [6, 6.07) is 0. The Hall–Kier alpha value is -1.06. The lowest BCUT2D eigenvalue weighted by Crippen LogP contribution is -2.29. The van der Waals surface area contributed by atoms with Crippen LogP contribution in [0.3, 0.4) is 0 Å². The van der Waals surface area contributed by atoms with Crippen molar-refractivity contribution >= 4 is 11.9 Å². The number of esters is 2. The fraction of sp³-hybridized carbons (Fsp3) is 0.900. The quantitative estimate of drug-likeness (QED) is 0.369. The summed E-state index contributed by atoms with van der Waals surface area (Å²) < 4.78 is 10.5. The summed E-state index contributed by atoms with van der Waals surface area (Å²) in [6.45, 7) is 4.98. The Morgan fingerprint density at radius 1 is 0.792 bits per heavy atom. The van der Waals surface area contributed by atoms with E-state index in [0.29, 0.717) is 19.6 Å². The van der Waals surface area contributed by atoms with Gasteiger partial charge in [0.05, 0.1) is 25.0 Å². The Balaban J connectivity index is 2.09. The second-order valence-electron chi connectivity index (χ2n) is 6.95. The number of hydrogen-bond acceptors (Lipinski definition) is 4. The van der Waals surface area contributed by atoms with E-state index in [4.69, 9.17) is 9.47 Å². The molecule has 0 aromatic heterocycles. The van der Waals surface area contributed by atoms with Crippen molar-refractivity contribution in [2.45, 2.75) is 90.9 Å². The van der Waals surface area contributed by atoms with Gasteiger partial charge >= 0.3 is 11.9 Å². The fourth-order valence-electron chi connectivity index (χ4n) is 3.40. The minimum absolute atomic E-state index is 0.119. The molecule has 0 saturated heterocycles. The first kappa shape index (κ1) is 21.0. The lowest BCUT2D eigenvalue weighted by molar-refractivity contribution is -0.154. The SMILES string of the molecule is CCCCCCCCCCOC(=O)C1CCCC(C(=O)OCC)C1. The van der Waals surface area contributed by atoms with E-state index in [1.807, 2.05) is 6.92 Å². The van der Waals surface area contributed by atoms with Crippen LogP contribution in [0.4, 0.5) is 0 Å². The molecular formula is C20H36O4. The van der Waals surface area contributed by atoms with Gasteiger partial charge in [-0.15, -0.1) is 0 Å². The van der Waals surface area contributed by atoms with Crippen molar-refractivity contribution in [3.8, 4) is 0 Å². The molecule has 4 heteroatoms. The molecule has 1 saturated carbocycles. The summed E-state index contributed by atoms with van der Waals surface area (Å²) in [5, 5.41) is 0. The Bertz CT molecular complexity index is 354. The molecule has 2 unspecified atom stereocenters. The molecule has 0 radical (unpaired) electrons. The van der Waals surface area contributed by atoms with Crippen LogP contribution in [0.2, 0.25) is 0 Å². The average Bonchev–Trinajstić information content (AvgIpc) is 2.60. The molecule has 1 aliphatic carbocycles. The molecule has 1 fully saturated rings. The van der Waals surface area contributed by atoms with Gasteiger partial charge in [0.2, 0.25) is 0 Å². The van der Waals surface area contributed by atoms with Crippen LogP contribution in [0.25, 0.3) is 0 Å². The summed E-state index contributed by atoms with van der Waals surface area (Å²) in [6.07, 6.45) is 13.1. The van der Waals surface area contributed by atoms with Crippen LogP contribution < -0.4 is 0 Å². The van der Waals surface area contributed by atoms with E-state index in [-0.39, 0.29) is 23.8 Å². The van der Waals surface area contributed by atoms with Gasteiger partial charge in [-0.05, 0) is 32.6 Å². The highest BCUT2D eigenvalue weighted by Gasteiger charge is 2.32. The van der Waals surface area contributed by atoms with Gasteiger partial charge in [-0.25, -0.2) is 0 Å². The summed E-state index contributed by atoms with van der Waals surface area (Å²) in [5.74, 6) is -0.522. The highest BCUT2D eigenvalue weighted by Crippen LogP contribution is 2.30. The standard InChI is InChI=1S/C20H36O4/c1-3-5-6-7-8-9-10-11-15-24-20(22)18-14-12-13-17(16-18)19(21)23-4-2/h17-18H,3-16H2,1-2H3. The Labute approximate surface area is 147 Å². The van der Waals surface area contributed by atoms with Crippen molar-refractivity contribution in [1.82, 2.24) is 0 Å². The summed E-state index contributed by atoms with van der Waals surface area (Å²) >= 11 is 0. The Kier molecular flexibility index (Phi) is 11.6. The van der Waals surface area contributed by atoms with Gasteiger partial charge in [0, 0.05) is 0 Å². The number of unbranched alkanes of at least 4 members (excludes halogenated alkanes) is 7. The predicted octanol–water partition coefficient (Wildman–Crippen LogP) is 5.04. The summed E-state index contributed by atoms with van der Waals surface area (Å²) in [5.41, 5.74) is 0. The Morgan fingerprint density at radius 2 is 1.33 bits per heavy atom. The Morgan fingerprint density at radius 3 is 1.92 bits per heavy atom. The zero-order chi connectivity index (χ0) is 17.6. The molecule has 0 aromatic rings. The van der Waals surface area contributed by atoms with Gasteiger partial charge in [0.15, 0.2) is 0 Å². The number of hydrogen-bond donors (Lipinski definition) is 0. The fourth-order valence-corrected chi connectivity index (χ4v) is 3.40. The second kappa shape index (κ2) is 13.3. The molecule has 2 atom stereocenters. The zero-order valence-corrected chi connectivity index (χ0v) is 15.7. The first-order valence-corrected chi connectivity index (χ1v) is 10.0. The van der Waals surface area contributed by atoms with Crippen molar-refractivity contribution < 1.29 is 19.1 Å². The third-order valence-electron chi connectivity index (χ3n) is 4.87. The van der Waals surface area contributed by atoms with E-state index in [1.165, 1.54) is 38.5 Å². The van der Waals surface area contributed by atoms with Gasteiger partial charge in [-0.3, -0.25) is 9.59 Å². The maximum absolute atomic E-state index is 12.2. The van der Waals surface area contributed by atoms with Crippen LogP contribution in [0, 0.1) is 11.8 Å². The third-order valence-corrected chi connectivity index (χ3v) is 4.87. The van der Waals surface area contributed by atoms with Gasteiger partial charge in [-0.2, -0.15) is 0 Å². The predicted molar refractivity (Wildman–Crippen MR) is 95.7 cm³/mol. The molecule has 0 heterocycles. The number of ether oxygens (including phenoxy) is 2. The van der Waals surface area contributed by atoms with Crippen molar-refractivity contribution in [2.24, 2.45) is 11.8 Å². The average molecular weight is 341 g/mol. The van der Waals surface area contributed by atoms with Crippen molar-refractivity contribution in [1.29, 1.82) is 0 Å². The molecule has 140 valence electrons. The summed E-state index contributed by atoms with van der Waals surface area (Å²) in [4.78, 5) is 24.0. The van der Waals surface area contributed by atoms with E-state index < -0.39 is 0 Å².